The molecule has 17 heavy (non-hydrogen) atoms. The Morgan fingerprint density at radius 2 is 2.12 bits per heavy atom. The van der Waals surface area contributed by atoms with E-state index < -0.39 is 0 Å². The molecule has 1 aromatic rings. The number of hydrogen-bond donors (Lipinski definition) is 1. The van der Waals surface area contributed by atoms with Gasteiger partial charge in [0.05, 0.1) is 6.61 Å². The smallest absolute Gasteiger partial charge is 0.165 e. The Labute approximate surface area is 103 Å². The second-order valence-corrected chi connectivity index (χ2v) is 4.30. The fourth-order valence-corrected chi connectivity index (χ4v) is 1.62. The first-order chi connectivity index (χ1) is 8.19. The minimum Gasteiger partial charge on any atom is -0.490 e. The predicted octanol–water partition coefficient (Wildman–Crippen LogP) is 3.28. The van der Waals surface area contributed by atoms with Crippen LogP contribution in [0.4, 0.5) is 4.39 Å². The first-order valence-corrected chi connectivity index (χ1v) is 6.34. The molecule has 0 bridgehead atoms. The molecule has 0 aliphatic carbocycles. The van der Waals surface area contributed by atoms with Crippen molar-refractivity contribution in [3.8, 4) is 5.75 Å². The summed E-state index contributed by atoms with van der Waals surface area (Å²) in [6.45, 7) is 4.67. The van der Waals surface area contributed by atoms with E-state index in [1.165, 1.54) is 6.07 Å². The zero-order valence-corrected chi connectivity index (χ0v) is 10.7. The fraction of sp³-hybridized carbons (Fsp3) is 0.571. The van der Waals surface area contributed by atoms with Gasteiger partial charge in [-0.3, -0.25) is 0 Å². The van der Waals surface area contributed by atoms with Gasteiger partial charge in [0, 0.05) is 6.04 Å². The average Bonchev–Trinajstić information content (AvgIpc) is 2.32. The summed E-state index contributed by atoms with van der Waals surface area (Å²) in [6.07, 6.45) is 3.52. The van der Waals surface area contributed by atoms with Crippen LogP contribution < -0.4 is 10.5 Å². The minimum atomic E-state index is -0.290. The van der Waals surface area contributed by atoms with Gasteiger partial charge in [0.1, 0.15) is 0 Å². The largest absolute Gasteiger partial charge is 0.490 e. The van der Waals surface area contributed by atoms with E-state index in [9.17, 15) is 4.39 Å². The Morgan fingerprint density at radius 1 is 1.35 bits per heavy atom. The van der Waals surface area contributed by atoms with Crippen molar-refractivity contribution in [2.75, 3.05) is 6.61 Å². The second-order valence-electron chi connectivity index (χ2n) is 4.30. The fourth-order valence-electron chi connectivity index (χ4n) is 1.62. The van der Waals surface area contributed by atoms with Crippen LogP contribution in [-0.2, 0) is 6.42 Å². The molecule has 1 unspecified atom stereocenters. The first-order valence-electron chi connectivity index (χ1n) is 6.34. The Morgan fingerprint density at radius 3 is 2.76 bits per heavy atom. The van der Waals surface area contributed by atoms with E-state index in [1.807, 2.05) is 13.0 Å². The van der Waals surface area contributed by atoms with Crippen LogP contribution in [0.5, 0.6) is 5.75 Å². The van der Waals surface area contributed by atoms with Crippen LogP contribution in [0.25, 0.3) is 0 Å². The molecule has 0 spiro atoms. The lowest BCUT2D eigenvalue weighted by Gasteiger charge is -2.14. The van der Waals surface area contributed by atoms with Crippen LogP contribution in [0.15, 0.2) is 18.2 Å². The van der Waals surface area contributed by atoms with Crippen molar-refractivity contribution in [1.29, 1.82) is 0 Å². The van der Waals surface area contributed by atoms with Gasteiger partial charge in [-0.1, -0.05) is 32.4 Å². The zero-order chi connectivity index (χ0) is 12.7. The molecular formula is C14H22FNO. The lowest BCUT2D eigenvalue weighted by molar-refractivity contribution is 0.290. The lowest BCUT2D eigenvalue weighted by Crippen LogP contribution is -2.22. The van der Waals surface area contributed by atoms with Crippen LogP contribution in [0.1, 0.15) is 38.7 Å². The number of benzene rings is 1. The average molecular weight is 239 g/mol. The SMILES string of the molecule is CCCCOc1c(F)cccc1CC(N)CC. The molecule has 0 aliphatic rings. The lowest BCUT2D eigenvalue weighted by atomic mass is 10.0. The third-order valence-corrected chi connectivity index (χ3v) is 2.80. The van der Waals surface area contributed by atoms with E-state index >= 15 is 0 Å². The number of rotatable bonds is 7. The molecule has 0 saturated carbocycles. The van der Waals surface area contributed by atoms with Crippen LogP contribution in [0.3, 0.4) is 0 Å². The third-order valence-electron chi connectivity index (χ3n) is 2.80. The molecule has 1 aromatic carbocycles. The van der Waals surface area contributed by atoms with Crippen molar-refractivity contribution in [2.45, 2.75) is 45.6 Å². The molecule has 0 amide bonds. The van der Waals surface area contributed by atoms with Crippen molar-refractivity contribution in [3.63, 3.8) is 0 Å². The standard InChI is InChI=1S/C14H22FNO/c1-3-5-9-17-14-11(10-12(16)4-2)7-6-8-13(14)15/h6-8,12H,3-5,9-10,16H2,1-2H3. The van der Waals surface area contributed by atoms with E-state index in [1.54, 1.807) is 6.07 Å². The highest BCUT2D eigenvalue weighted by molar-refractivity contribution is 5.35. The van der Waals surface area contributed by atoms with Gasteiger partial charge in [0.25, 0.3) is 0 Å². The summed E-state index contributed by atoms with van der Waals surface area (Å²) >= 11 is 0. The number of unbranched alkanes of at least 4 members (excludes halogenated alkanes) is 1. The van der Waals surface area contributed by atoms with Gasteiger partial charge in [-0.25, -0.2) is 4.39 Å². The summed E-state index contributed by atoms with van der Waals surface area (Å²) in [5, 5.41) is 0. The Balaban J connectivity index is 2.76. The zero-order valence-electron chi connectivity index (χ0n) is 10.7. The maximum atomic E-state index is 13.7. The number of halogens is 1. The predicted molar refractivity (Wildman–Crippen MR) is 68.8 cm³/mol. The van der Waals surface area contributed by atoms with Crippen molar-refractivity contribution < 1.29 is 9.13 Å². The van der Waals surface area contributed by atoms with E-state index in [0.29, 0.717) is 18.8 Å². The van der Waals surface area contributed by atoms with Crippen molar-refractivity contribution >= 4 is 0 Å². The van der Waals surface area contributed by atoms with Crippen LogP contribution in [0, 0.1) is 5.82 Å². The Kier molecular flexibility index (Phi) is 5.98. The number of para-hydroxylation sites is 1. The molecular weight excluding hydrogens is 217 g/mol. The van der Waals surface area contributed by atoms with Gasteiger partial charge in [0.2, 0.25) is 0 Å². The van der Waals surface area contributed by atoms with Gasteiger partial charge in [-0.2, -0.15) is 0 Å². The van der Waals surface area contributed by atoms with Gasteiger partial charge < -0.3 is 10.5 Å². The summed E-state index contributed by atoms with van der Waals surface area (Å²) in [4.78, 5) is 0. The summed E-state index contributed by atoms with van der Waals surface area (Å²) < 4.78 is 19.2. The molecule has 2 N–H and O–H groups in total. The molecule has 1 rings (SSSR count). The molecule has 0 aliphatic heterocycles. The highest BCUT2D eigenvalue weighted by atomic mass is 19.1. The maximum Gasteiger partial charge on any atom is 0.165 e. The monoisotopic (exact) mass is 239 g/mol. The summed E-state index contributed by atoms with van der Waals surface area (Å²) in [5.41, 5.74) is 6.77. The van der Waals surface area contributed by atoms with E-state index in [2.05, 4.69) is 6.92 Å². The molecule has 2 nitrogen and oxygen atoms in total. The molecule has 1 atom stereocenters. The van der Waals surface area contributed by atoms with E-state index in [-0.39, 0.29) is 11.9 Å². The number of nitrogens with two attached hydrogens (primary N) is 1. The third kappa shape index (κ3) is 4.35. The molecule has 0 radical (unpaired) electrons. The van der Waals surface area contributed by atoms with Crippen LogP contribution >= 0.6 is 0 Å². The molecule has 0 saturated heterocycles. The van der Waals surface area contributed by atoms with Gasteiger partial charge in [-0.05, 0) is 30.9 Å². The summed E-state index contributed by atoms with van der Waals surface area (Å²) in [6, 6.07) is 5.09. The van der Waals surface area contributed by atoms with E-state index in [0.717, 1.165) is 24.8 Å². The molecule has 0 aromatic heterocycles. The van der Waals surface area contributed by atoms with Gasteiger partial charge in [0.15, 0.2) is 11.6 Å². The molecule has 0 fully saturated rings. The topological polar surface area (TPSA) is 35.2 Å². The quantitative estimate of drug-likeness (QED) is 0.741. The number of hydrogen-bond acceptors (Lipinski definition) is 2. The Bertz CT molecular complexity index is 341. The number of ether oxygens (including phenoxy) is 1. The molecule has 96 valence electrons. The maximum absolute atomic E-state index is 13.7. The van der Waals surface area contributed by atoms with Crippen LogP contribution in [-0.4, -0.2) is 12.6 Å². The van der Waals surface area contributed by atoms with E-state index in [4.69, 9.17) is 10.5 Å². The highest BCUT2D eigenvalue weighted by Crippen LogP contribution is 2.24. The molecule has 0 heterocycles. The Hall–Kier alpha value is -1.09. The van der Waals surface area contributed by atoms with Gasteiger partial charge in [-0.15, -0.1) is 0 Å². The first kappa shape index (κ1) is 14.0. The summed E-state index contributed by atoms with van der Waals surface area (Å²) in [5.74, 6) is 0.0896. The van der Waals surface area contributed by atoms with Gasteiger partial charge >= 0.3 is 0 Å². The normalized spacial score (nSPS) is 12.5. The van der Waals surface area contributed by atoms with Crippen molar-refractivity contribution in [1.82, 2.24) is 0 Å². The van der Waals surface area contributed by atoms with Crippen molar-refractivity contribution in [3.05, 3.63) is 29.6 Å². The van der Waals surface area contributed by atoms with Crippen LogP contribution in [0.2, 0.25) is 0 Å². The second kappa shape index (κ2) is 7.28. The van der Waals surface area contributed by atoms with Crippen molar-refractivity contribution in [2.24, 2.45) is 5.73 Å². The minimum absolute atomic E-state index is 0.0605. The highest BCUT2D eigenvalue weighted by Gasteiger charge is 2.12. The molecule has 3 heteroatoms. The summed E-state index contributed by atoms with van der Waals surface area (Å²) in [7, 11) is 0.